The summed E-state index contributed by atoms with van der Waals surface area (Å²) in [4.78, 5) is 23.9. The molecule has 0 saturated heterocycles. The Morgan fingerprint density at radius 3 is 2.69 bits per heavy atom. The van der Waals surface area contributed by atoms with Gasteiger partial charge in [0.1, 0.15) is 11.6 Å². The van der Waals surface area contributed by atoms with Gasteiger partial charge in [0.25, 0.3) is 0 Å². The number of aromatic nitrogens is 5. The van der Waals surface area contributed by atoms with Crippen LogP contribution in [0, 0.1) is 20.8 Å². The van der Waals surface area contributed by atoms with Gasteiger partial charge < -0.3 is 15.7 Å². The molecule has 0 fully saturated rings. The highest BCUT2D eigenvalue weighted by molar-refractivity contribution is 6.12. The van der Waals surface area contributed by atoms with Crippen LogP contribution in [0.25, 0.3) is 27.6 Å². The normalized spacial score (nSPS) is 11.6. The molecule has 0 bridgehead atoms. The molecule has 0 radical (unpaired) electrons. The number of fused-ring (bicyclic) bond motifs is 2. The molecule has 5 aromatic rings. The van der Waals surface area contributed by atoms with Gasteiger partial charge in [-0.3, -0.25) is 4.79 Å². The summed E-state index contributed by atoms with van der Waals surface area (Å²) in [6.45, 7) is 5.98. The second kappa shape index (κ2) is 6.07. The van der Waals surface area contributed by atoms with Crippen LogP contribution < -0.4 is 5.73 Å². The summed E-state index contributed by atoms with van der Waals surface area (Å²) < 4.78 is 1.57. The van der Waals surface area contributed by atoms with E-state index < -0.39 is 0 Å². The first-order valence-corrected chi connectivity index (χ1v) is 9.35. The van der Waals surface area contributed by atoms with Gasteiger partial charge in [-0.25, -0.2) is 9.67 Å². The Morgan fingerprint density at radius 2 is 1.86 bits per heavy atom. The molecule has 0 unspecified atom stereocenters. The summed E-state index contributed by atoms with van der Waals surface area (Å²) in [5.74, 6) is 0.961. The number of hydrogen-bond acceptors (Lipinski definition) is 4. The first-order valence-electron chi connectivity index (χ1n) is 9.35. The van der Waals surface area contributed by atoms with Gasteiger partial charge in [0.2, 0.25) is 5.78 Å². The molecule has 5 rings (SSSR count). The molecule has 0 aliphatic rings. The fourth-order valence-corrected chi connectivity index (χ4v) is 3.86. The molecule has 0 saturated carbocycles. The lowest BCUT2D eigenvalue weighted by Gasteiger charge is -2.05. The highest BCUT2D eigenvalue weighted by atomic mass is 16.1. The lowest BCUT2D eigenvalue weighted by molar-refractivity contribution is 0.103. The van der Waals surface area contributed by atoms with E-state index in [1.807, 2.05) is 51.1 Å². The number of nitrogen functional groups attached to an aromatic ring is 1. The summed E-state index contributed by atoms with van der Waals surface area (Å²) in [6.07, 6.45) is 1.52. The number of anilines is 1. The number of carbonyl (C=O) groups excluding carboxylic acids is 1. The van der Waals surface area contributed by atoms with E-state index in [9.17, 15) is 4.79 Å². The highest BCUT2D eigenvalue weighted by Gasteiger charge is 2.20. The maximum atomic E-state index is 13.1. The molecule has 3 aromatic heterocycles. The van der Waals surface area contributed by atoms with Crippen LogP contribution in [0.2, 0.25) is 0 Å². The van der Waals surface area contributed by atoms with Crippen molar-refractivity contribution in [3.05, 3.63) is 70.8 Å². The van der Waals surface area contributed by atoms with Gasteiger partial charge in [-0.1, -0.05) is 6.07 Å². The van der Waals surface area contributed by atoms with Crippen LogP contribution in [-0.2, 0) is 0 Å². The van der Waals surface area contributed by atoms with Crippen molar-refractivity contribution in [3.63, 3.8) is 0 Å². The minimum atomic E-state index is -0.180. The molecule has 0 atom stereocenters. The fraction of sp³-hybridized carbons (Fsp3) is 0.136. The van der Waals surface area contributed by atoms with Gasteiger partial charge in [0, 0.05) is 10.9 Å². The van der Waals surface area contributed by atoms with E-state index in [4.69, 9.17) is 5.73 Å². The van der Waals surface area contributed by atoms with E-state index in [0.717, 1.165) is 44.6 Å². The number of nitrogens with zero attached hydrogens (tertiary/aromatic N) is 3. The standard InChI is InChI=1S/C22H20N6O/c1-11-6-12(2)15-9-20(27-18(15)7-11)21(29)16-10-24-28(22(16)23)14-4-5-17-19(8-14)26-13(3)25-17/h4-10,27H,23H2,1-3H3,(H,25,26). The largest absolute Gasteiger partial charge is 0.383 e. The van der Waals surface area contributed by atoms with Crippen LogP contribution in [0.15, 0.2) is 42.6 Å². The van der Waals surface area contributed by atoms with Crippen LogP contribution in [0.3, 0.4) is 0 Å². The lowest BCUT2D eigenvalue weighted by Crippen LogP contribution is -2.07. The highest BCUT2D eigenvalue weighted by Crippen LogP contribution is 2.26. The number of H-pyrrole nitrogens is 2. The number of benzene rings is 2. The second-order valence-corrected chi connectivity index (χ2v) is 7.43. The molecule has 7 nitrogen and oxygen atoms in total. The molecule has 2 aromatic carbocycles. The lowest BCUT2D eigenvalue weighted by atomic mass is 10.1. The predicted molar refractivity (Wildman–Crippen MR) is 114 cm³/mol. The van der Waals surface area contributed by atoms with Gasteiger partial charge in [-0.05, 0) is 62.2 Å². The number of imidazole rings is 1. The monoisotopic (exact) mass is 384 g/mol. The Bertz CT molecular complexity index is 1420. The predicted octanol–water partition coefficient (Wildman–Crippen LogP) is 3.97. The Kier molecular flexibility index (Phi) is 3.61. The molecule has 0 spiro atoms. The quantitative estimate of drug-likeness (QED) is 0.409. The van der Waals surface area contributed by atoms with Gasteiger partial charge in [-0.2, -0.15) is 5.10 Å². The first kappa shape index (κ1) is 17.2. The third-order valence-electron chi connectivity index (χ3n) is 5.21. The second-order valence-electron chi connectivity index (χ2n) is 7.43. The van der Waals surface area contributed by atoms with Crippen molar-refractivity contribution in [1.29, 1.82) is 0 Å². The Hall–Kier alpha value is -3.87. The Balaban J connectivity index is 1.56. The molecule has 0 aliphatic heterocycles. The zero-order chi connectivity index (χ0) is 20.3. The Labute approximate surface area is 166 Å². The third kappa shape index (κ3) is 2.70. The molecule has 3 heterocycles. The van der Waals surface area contributed by atoms with Crippen LogP contribution in [-0.4, -0.2) is 30.5 Å². The van der Waals surface area contributed by atoms with Crippen molar-refractivity contribution in [2.45, 2.75) is 20.8 Å². The van der Waals surface area contributed by atoms with Crippen LogP contribution in [0.4, 0.5) is 5.82 Å². The summed E-state index contributed by atoms with van der Waals surface area (Å²) >= 11 is 0. The molecule has 29 heavy (non-hydrogen) atoms. The molecule has 0 aliphatic carbocycles. The topological polar surface area (TPSA) is 105 Å². The van der Waals surface area contributed by atoms with Gasteiger partial charge >= 0.3 is 0 Å². The average Bonchev–Trinajstić information content (AvgIpc) is 3.36. The van der Waals surface area contributed by atoms with E-state index in [1.54, 1.807) is 4.68 Å². The summed E-state index contributed by atoms with van der Waals surface area (Å²) in [7, 11) is 0. The summed E-state index contributed by atoms with van der Waals surface area (Å²) in [6, 6.07) is 11.7. The molecule has 144 valence electrons. The number of nitrogens with two attached hydrogens (primary N) is 1. The van der Waals surface area contributed by atoms with Crippen LogP contribution in [0.1, 0.15) is 33.0 Å². The number of ketones is 1. The van der Waals surface area contributed by atoms with Crippen LogP contribution >= 0.6 is 0 Å². The summed E-state index contributed by atoms with van der Waals surface area (Å²) in [5, 5.41) is 5.39. The van der Waals surface area contributed by atoms with Crippen molar-refractivity contribution < 1.29 is 4.79 Å². The number of carbonyl (C=O) groups is 1. The number of rotatable bonds is 3. The third-order valence-corrected chi connectivity index (χ3v) is 5.21. The first-order chi connectivity index (χ1) is 13.9. The van der Waals surface area contributed by atoms with Crippen molar-refractivity contribution in [2.75, 3.05) is 5.73 Å². The fourth-order valence-electron chi connectivity index (χ4n) is 3.86. The van der Waals surface area contributed by atoms with Crippen molar-refractivity contribution in [3.8, 4) is 5.69 Å². The van der Waals surface area contributed by atoms with Crippen LogP contribution in [0.5, 0.6) is 0 Å². The maximum absolute atomic E-state index is 13.1. The zero-order valence-electron chi connectivity index (χ0n) is 16.4. The smallest absolute Gasteiger partial charge is 0.214 e. The van der Waals surface area contributed by atoms with Crippen molar-refractivity contribution >= 4 is 33.5 Å². The number of hydrogen-bond donors (Lipinski definition) is 3. The number of nitrogens with one attached hydrogen (secondary N) is 2. The zero-order valence-corrected chi connectivity index (χ0v) is 16.4. The molecule has 0 amide bonds. The van der Waals surface area contributed by atoms with Gasteiger partial charge in [0.05, 0.1) is 34.2 Å². The van der Waals surface area contributed by atoms with Crippen molar-refractivity contribution in [2.24, 2.45) is 0 Å². The Morgan fingerprint density at radius 1 is 1.03 bits per heavy atom. The van der Waals surface area contributed by atoms with Gasteiger partial charge in [-0.15, -0.1) is 0 Å². The number of aryl methyl sites for hydroxylation is 3. The minimum Gasteiger partial charge on any atom is -0.383 e. The molecule has 4 N–H and O–H groups in total. The average molecular weight is 384 g/mol. The summed E-state index contributed by atoms with van der Waals surface area (Å²) in [5.41, 5.74) is 12.9. The molecule has 7 heteroatoms. The maximum Gasteiger partial charge on any atom is 0.214 e. The van der Waals surface area contributed by atoms with E-state index in [1.165, 1.54) is 6.20 Å². The van der Waals surface area contributed by atoms with E-state index >= 15 is 0 Å². The van der Waals surface area contributed by atoms with E-state index in [0.29, 0.717) is 17.1 Å². The molecular formula is C22H20N6O. The molecular weight excluding hydrogens is 364 g/mol. The van der Waals surface area contributed by atoms with Crippen molar-refractivity contribution in [1.82, 2.24) is 24.7 Å². The SMILES string of the molecule is Cc1cc(C)c2cc(C(=O)c3cnn(-c4ccc5nc(C)[nH]c5c4)c3N)[nH]c2c1. The minimum absolute atomic E-state index is 0.180. The van der Waals surface area contributed by atoms with E-state index in [-0.39, 0.29) is 5.78 Å². The van der Waals surface area contributed by atoms with Gasteiger partial charge in [0.15, 0.2) is 0 Å². The number of aromatic amines is 2. The van der Waals surface area contributed by atoms with E-state index in [2.05, 4.69) is 26.1 Å².